The average Bonchev–Trinajstić information content (AvgIpc) is 2.56. The number of aliphatic hydroxyl groups is 1. The zero-order valence-corrected chi connectivity index (χ0v) is 10.2. The van der Waals surface area contributed by atoms with Crippen molar-refractivity contribution in [3.63, 3.8) is 0 Å². The minimum Gasteiger partial charge on any atom is -0.388 e. The molecule has 0 bridgehead atoms. The number of hydrogen-bond acceptors (Lipinski definition) is 2. The Kier molecular flexibility index (Phi) is 3.54. The topological polar surface area (TPSA) is 44.0 Å². The minimum atomic E-state index is -0.682. The summed E-state index contributed by atoms with van der Waals surface area (Å²) >= 11 is 0. The Morgan fingerprint density at radius 2 is 1.19 bits per heavy atom. The van der Waals surface area contributed by atoms with Crippen LogP contribution in [0.3, 0.4) is 0 Å². The normalized spacial score (nSPS) is 29.0. The first-order valence-electron chi connectivity index (χ1n) is 6.86. The molecule has 16 heavy (non-hydrogen) atoms. The molecule has 0 radical (unpaired) electrons. The van der Waals surface area contributed by atoms with E-state index in [1.54, 1.807) is 0 Å². The molecule has 2 aliphatic rings. The van der Waals surface area contributed by atoms with Gasteiger partial charge in [-0.2, -0.15) is 5.26 Å². The first kappa shape index (κ1) is 11.9. The molecular formula is C14H23NO. The molecule has 0 spiro atoms. The highest BCUT2D eigenvalue weighted by Gasteiger charge is 2.50. The maximum Gasteiger partial charge on any atom is 0.0860 e. The number of rotatable bonds is 1. The largest absolute Gasteiger partial charge is 0.388 e. The Morgan fingerprint density at radius 1 is 0.750 bits per heavy atom. The van der Waals surface area contributed by atoms with E-state index in [2.05, 4.69) is 6.07 Å². The number of nitrogens with zero attached hydrogens (tertiary/aromatic N) is 1. The smallest absolute Gasteiger partial charge is 0.0860 e. The molecular weight excluding hydrogens is 198 g/mol. The molecule has 1 N–H and O–H groups in total. The molecule has 0 aromatic carbocycles. The van der Waals surface area contributed by atoms with Crippen LogP contribution in [0, 0.1) is 16.7 Å². The second kappa shape index (κ2) is 4.75. The molecule has 0 aromatic heterocycles. The van der Waals surface area contributed by atoms with Gasteiger partial charge < -0.3 is 5.11 Å². The predicted molar refractivity (Wildman–Crippen MR) is 63.8 cm³/mol. The van der Waals surface area contributed by atoms with Crippen LogP contribution in [0.4, 0.5) is 0 Å². The van der Waals surface area contributed by atoms with E-state index in [1.807, 2.05) is 0 Å². The van der Waals surface area contributed by atoms with E-state index < -0.39 is 11.0 Å². The molecule has 90 valence electrons. The lowest BCUT2D eigenvalue weighted by Gasteiger charge is -2.45. The summed E-state index contributed by atoms with van der Waals surface area (Å²) in [5, 5.41) is 20.4. The van der Waals surface area contributed by atoms with E-state index in [0.29, 0.717) is 0 Å². The summed E-state index contributed by atoms with van der Waals surface area (Å²) in [6, 6.07) is 2.51. The van der Waals surface area contributed by atoms with Crippen LogP contribution in [0.2, 0.25) is 0 Å². The van der Waals surface area contributed by atoms with Crippen molar-refractivity contribution in [3.8, 4) is 6.07 Å². The lowest BCUT2D eigenvalue weighted by molar-refractivity contribution is -0.0833. The van der Waals surface area contributed by atoms with Gasteiger partial charge in [0.15, 0.2) is 0 Å². The molecule has 0 amide bonds. The number of hydrogen-bond donors (Lipinski definition) is 1. The van der Waals surface area contributed by atoms with Crippen LogP contribution in [0.25, 0.3) is 0 Å². The molecule has 0 atom stereocenters. The first-order chi connectivity index (χ1) is 7.72. The summed E-state index contributed by atoms with van der Waals surface area (Å²) in [5.41, 5.74) is -1.10. The van der Waals surface area contributed by atoms with Gasteiger partial charge in [0.25, 0.3) is 0 Å². The van der Waals surface area contributed by atoms with E-state index in [4.69, 9.17) is 0 Å². The van der Waals surface area contributed by atoms with Crippen LogP contribution in [-0.2, 0) is 0 Å². The molecule has 0 aromatic rings. The van der Waals surface area contributed by atoms with Crippen LogP contribution in [0.15, 0.2) is 0 Å². The molecule has 2 rings (SSSR count). The van der Waals surface area contributed by atoms with Gasteiger partial charge in [-0.15, -0.1) is 0 Å². The average molecular weight is 221 g/mol. The molecule has 0 aliphatic heterocycles. The van der Waals surface area contributed by atoms with E-state index in [0.717, 1.165) is 51.4 Å². The third-order valence-corrected chi connectivity index (χ3v) is 4.74. The van der Waals surface area contributed by atoms with Crippen molar-refractivity contribution in [2.24, 2.45) is 5.41 Å². The minimum absolute atomic E-state index is 0.421. The van der Waals surface area contributed by atoms with Gasteiger partial charge in [0, 0.05) is 0 Å². The highest BCUT2D eigenvalue weighted by atomic mass is 16.3. The maximum absolute atomic E-state index is 10.9. The molecule has 0 heterocycles. The van der Waals surface area contributed by atoms with Gasteiger partial charge in [0.05, 0.1) is 17.1 Å². The van der Waals surface area contributed by atoms with Gasteiger partial charge in [0.1, 0.15) is 0 Å². The van der Waals surface area contributed by atoms with E-state index in [-0.39, 0.29) is 0 Å². The Hall–Kier alpha value is -0.550. The van der Waals surface area contributed by atoms with Crippen LogP contribution in [0.1, 0.15) is 70.6 Å². The van der Waals surface area contributed by atoms with E-state index in [1.165, 1.54) is 19.3 Å². The maximum atomic E-state index is 10.9. The van der Waals surface area contributed by atoms with Crippen molar-refractivity contribution in [2.45, 2.75) is 76.2 Å². The van der Waals surface area contributed by atoms with Crippen molar-refractivity contribution < 1.29 is 5.11 Å². The Morgan fingerprint density at radius 3 is 1.69 bits per heavy atom. The van der Waals surface area contributed by atoms with Gasteiger partial charge >= 0.3 is 0 Å². The predicted octanol–water partition coefficient (Wildman–Crippen LogP) is 3.55. The fourth-order valence-electron chi connectivity index (χ4n) is 3.63. The fraction of sp³-hybridized carbons (Fsp3) is 0.929. The Bertz CT molecular complexity index is 265. The molecule has 0 unspecified atom stereocenters. The molecule has 2 fully saturated rings. The summed E-state index contributed by atoms with van der Waals surface area (Å²) in [4.78, 5) is 0. The van der Waals surface area contributed by atoms with Gasteiger partial charge in [-0.05, 0) is 25.7 Å². The second-order valence-corrected chi connectivity index (χ2v) is 5.70. The van der Waals surface area contributed by atoms with Gasteiger partial charge in [-0.25, -0.2) is 0 Å². The third kappa shape index (κ3) is 1.98. The van der Waals surface area contributed by atoms with Crippen molar-refractivity contribution >= 4 is 0 Å². The van der Waals surface area contributed by atoms with Crippen molar-refractivity contribution in [1.29, 1.82) is 5.26 Å². The van der Waals surface area contributed by atoms with Gasteiger partial charge in [-0.3, -0.25) is 0 Å². The summed E-state index contributed by atoms with van der Waals surface area (Å²) in [7, 11) is 0. The zero-order chi connectivity index (χ0) is 11.5. The standard InChI is InChI=1S/C14H23NO/c15-12-13(8-4-3-5-9-13)14(16)10-6-1-2-7-11-14/h16H,1-11H2. The monoisotopic (exact) mass is 221 g/mol. The highest BCUT2D eigenvalue weighted by Crippen LogP contribution is 2.49. The Labute approximate surface area is 98.7 Å². The Balaban J connectivity index is 2.20. The molecule has 2 heteroatoms. The summed E-state index contributed by atoms with van der Waals surface area (Å²) in [5.74, 6) is 0. The molecule has 2 aliphatic carbocycles. The van der Waals surface area contributed by atoms with E-state index >= 15 is 0 Å². The van der Waals surface area contributed by atoms with Gasteiger partial charge in [0.2, 0.25) is 0 Å². The first-order valence-corrected chi connectivity index (χ1v) is 6.86. The third-order valence-electron chi connectivity index (χ3n) is 4.74. The second-order valence-electron chi connectivity index (χ2n) is 5.70. The molecule has 0 saturated heterocycles. The summed E-state index contributed by atoms with van der Waals surface area (Å²) in [6.07, 6.45) is 11.7. The quantitative estimate of drug-likeness (QED) is 0.688. The fourth-order valence-corrected chi connectivity index (χ4v) is 3.63. The summed E-state index contributed by atoms with van der Waals surface area (Å²) < 4.78 is 0. The van der Waals surface area contributed by atoms with Crippen molar-refractivity contribution in [2.75, 3.05) is 0 Å². The zero-order valence-electron chi connectivity index (χ0n) is 10.2. The highest BCUT2D eigenvalue weighted by molar-refractivity contribution is 5.12. The lowest BCUT2D eigenvalue weighted by Crippen LogP contribution is -2.48. The van der Waals surface area contributed by atoms with Crippen LogP contribution >= 0.6 is 0 Å². The van der Waals surface area contributed by atoms with Crippen LogP contribution in [-0.4, -0.2) is 10.7 Å². The molecule has 2 nitrogen and oxygen atoms in total. The van der Waals surface area contributed by atoms with Crippen LogP contribution < -0.4 is 0 Å². The van der Waals surface area contributed by atoms with Gasteiger partial charge in [-0.1, -0.05) is 44.9 Å². The SMILES string of the molecule is N#CC1(C2(O)CCCCCC2)CCCCC1. The van der Waals surface area contributed by atoms with Crippen molar-refractivity contribution in [1.82, 2.24) is 0 Å². The summed E-state index contributed by atoms with van der Waals surface area (Å²) in [6.45, 7) is 0. The number of nitriles is 1. The van der Waals surface area contributed by atoms with E-state index in [9.17, 15) is 10.4 Å². The van der Waals surface area contributed by atoms with Crippen LogP contribution in [0.5, 0.6) is 0 Å². The lowest BCUT2D eigenvalue weighted by atomic mass is 9.61. The molecule has 2 saturated carbocycles. The van der Waals surface area contributed by atoms with Crippen molar-refractivity contribution in [3.05, 3.63) is 0 Å².